The van der Waals surface area contributed by atoms with Gasteiger partial charge in [-0.2, -0.15) is 0 Å². The van der Waals surface area contributed by atoms with Crippen LogP contribution in [0.4, 0.5) is 0 Å². The molecule has 0 atom stereocenters. The number of fused-ring (bicyclic) bond motifs is 1. The number of halogens is 2. The predicted octanol–water partition coefficient (Wildman–Crippen LogP) is 4.19. The Kier molecular flexibility index (Phi) is 3.80. The normalized spacial score (nSPS) is 11.8. The lowest BCUT2D eigenvalue weighted by atomic mass is 10.0. The van der Waals surface area contributed by atoms with Crippen molar-refractivity contribution in [2.45, 2.75) is 11.8 Å². The third-order valence-electron chi connectivity index (χ3n) is 3.33. The van der Waals surface area contributed by atoms with E-state index in [2.05, 4.69) is 9.97 Å². The molecule has 0 aliphatic heterocycles. The van der Waals surface area contributed by atoms with Gasteiger partial charge in [0.2, 0.25) is 0 Å². The highest BCUT2D eigenvalue weighted by molar-refractivity contribution is 8.13. The van der Waals surface area contributed by atoms with Crippen molar-refractivity contribution in [3.05, 3.63) is 53.3 Å². The van der Waals surface area contributed by atoms with Crippen molar-refractivity contribution >= 4 is 42.2 Å². The molecule has 0 N–H and O–H groups in total. The Morgan fingerprint density at radius 2 is 1.82 bits per heavy atom. The molecular weight excluding hydrogens is 343 g/mol. The topological polar surface area (TPSA) is 59.9 Å². The molecule has 0 spiro atoms. The Balaban J connectivity index is 2.28. The van der Waals surface area contributed by atoms with Crippen LogP contribution in [0.3, 0.4) is 0 Å². The van der Waals surface area contributed by atoms with Crippen molar-refractivity contribution < 1.29 is 8.42 Å². The summed E-state index contributed by atoms with van der Waals surface area (Å²) in [4.78, 5) is 8.46. The molecule has 3 aromatic rings. The van der Waals surface area contributed by atoms with E-state index < -0.39 is 9.05 Å². The Hall–Kier alpha value is -1.69. The van der Waals surface area contributed by atoms with Crippen LogP contribution in [0.1, 0.15) is 5.56 Å². The summed E-state index contributed by atoms with van der Waals surface area (Å²) >= 11 is 5.98. The fraction of sp³-hybridized carbons (Fsp3) is 0.0667. The molecule has 0 unspecified atom stereocenters. The Labute approximate surface area is 137 Å². The molecule has 0 amide bonds. The number of rotatable bonds is 2. The van der Waals surface area contributed by atoms with Crippen LogP contribution < -0.4 is 0 Å². The zero-order chi connectivity index (χ0) is 15.9. The van der Waals surface area contributed by atoms with Gasteiger partial charge in [0.05, 0.1) is 16.1 Å². The van der Waals surface area contributed by atoms with E-state index in [1.807, 2.05) is 19.1 Å². The average molecular weight is 353 g/mol. The van der Waals surface area contributed by atoms with Crippen molar-refractivity contribution in [3.8, 4) is 11.3 Å². The molecule has 22 heavy (non-hydrogen) atoms. The van der Waals surface area contributed by atoms with E-state index >= 15 is 0 Å². The van der Waals surface area contributed by atoms with Crippen LogP contribution in [0.2, 0.25) is 5.02 Å². The molecule has 0 radical (unpaired) electrons. The quantitative estimate of drug-likeness (QED) is 0.649. The summed E-state index contributed by atoms with van der Waals surface area (Å²) in [5.74, 6) is 0. The van der Waals surface area contributed by atoms with Gasteiger partial charge in [-0.25, -0.2) is 18.4 Å². The van der Waals surface area contributed by atoms with Gasteiger partial charge in [-0.3, -0.25) is 0 Å². The van der Waals surface area contributed by atoms with Crippen molar-refractivity contribution in [2.24, 2.45) is 0 Å². The Bertz CT molecular complexity index is 988. The zero-order valence-corrected chi connectivity index (χ0v) is 13.7. The van der Waals surface area contributed by atoms with Crippen LogP contribution in [0.15, 0.2) is 47.6 Å². The first-order chi connectivity index (χ1) is 10.4. The standard InChI is InChI=1S/C15H10Cl2N2O2S/c1-9-6-10(16)2-4-12(9)15-13-5-3-11(22(17,20)21)7-14(13)18-8-19-15/h2-8H,1H3. The highest BCUT2D eigenvalue weighted by Gasteiger charge is 2.14. The van der Waals surface area contributed by atoms with E-state index in [-0.39, 0.29) is 4.90 Å². The minimum Gasteiger partial charge on any atom is -0.236 e. The van der Waals surface area contributed by atoms with Crippen LogP contribution in [-0.4, -0.2) is 18.4 Å². The van der Waals surface area contributed by atoms with Crippen molar-refractivity contribution in [1.29, 1.82) is 0 Å². The van der Waals surface area contributed by atoms with Crippen LogP contribution in [-0.2, 0) is 9.05 Å². The van der Waals surface area contributed by atoms with E-state index in [0.717, 1.165) is 22.2 Å². The van der Waals surface area contributed by atoms with Crippen LogP contribution in [0.5, 0.6) is 0 Å². The molecule has 112 valence electrons. The molecule has 0 aliphatic carbocycles. The summed E-state index contributed by atoms with van der Waals surface area (Å²) in [5.41, 5.74) is 3.12. The van der Waals surface area contributed by atoms with E-state index in [1.165, 1.54) is 18.5 Å². The first kappa shape index (κ1) is 15.2. The molecule has 0 bridgehead atoms. The molecule has 0 saturated heterocycles. The molecule has 7 heteroatoms. The van der Waals surface area contributed by atoms with Gasteiger partial charge in [-0.05, 0) is 42.8 Å². The van der Waals surface area contributed by atoms with Crippen LogP contribution in [0, 0.1) is 6.92 Å². The third kappa shape index (κ3) is 2.79. The molecule has 1 heterocycles. The highest BCUT2D eigenvalue weighted by Crippen LogP contribution is 2.30. The molecule has 3 rings (SSSR count). The Morgan fingerprint density at radius 3 is 2.50 bits per heavy atom. The van der Waals surface area contributed by atoms with Gasteiger partial charge in [-0.1, -0.05) is 17.7 Å². The third-order valence-corrected chi connectivity index (χ3v) is 4.92. The summed E-state index contributed by atoms with van der Waals surface area (Å²) in [7, 11) is 1.58. The highest BCUT2D eigenvalue weighted by atomic mass is 35.7. The summed E-state index contributed by atoms with van der Waals surface area (Å²) < 4.78 is 22.9. The maximum Gasteiger partial charge on any atom is 0.261 e. The minimum atomic E-state index is -3.79. The maximum atomic E-state index is 11.4. The maximum absolute atomic E-state index is 11.4. The van der Waals surface area contributed by atoms with Gasteiger partial charge in [0.15, 0.2) is 0 Å². The summed E-state index contributed by atoms with van der Waals surface area (Å²) in [6.45, 7) is 1.94. The molecule has 0 aliphatic rings. The molecule has 4 nitrogen and oxygen atoms in total. The lowest BCUT2D eigenvalue weighted by Crippen LogP contribution is -1.94. The van der Waals surface area contributed by atoms with E-state index in [4.69, 9.17) is 22.3 Å². The van der Waals surface area contributed by atoms with E-state index in [1.54, 1.807) is 12.1 Å². The fourth-order valence-corrected chi connectivity index (χ4v) is 3.29. The van der Waals surface area contributed by atoms with Crippen LogP contribution >= 0.6 is 22.3 Å². The van der Waals surface area contributed by atoms with Gasteiger partial charge >= 0.3 is 0 Å². The van der Waals surface area contributed by atoms with Gasteiger partial charge in [-0.15, -0.1) is 0 Å². The summed E-state index contributed by atoms with van der Waals surface area (Å²) in [6.07, 6.45) is 1.40. The van der Waals surface area contributed by atoms with Gasteiger partial charge in [0.25, 0.3) is 9.05 Å². The first-order valence-corrected chi connectivity index (χ1v) is 9.01. The fourth-order valence-electron chi connectivity index (χ4n) is 2.30. The predicted molar refractivity (Wildman–Crippen MR) is 87.8 cm³/mol. The molecule has 2 aromatic carbocycles. The SMILES string of the molecule is Cc1cc(Cl)ccc1-c1ncnc2cc(S(=O)(=O)Cl)ccc12. The second kappa shape index (κ2) is 5.50. The van der Waals surface area contributed by atoms with Gasteiger partial charge in [0, 0.05) is 26.7 Å². The van der Waals surface area contributed by atoms with Crippen molar-refractivity contribution in [3.63, 3.8) is 0 Å². The number of benzene rings is 2. The van der Waals surface area contributed by atoms with Gasteiger partial charge in [0.1, 0.15) is 6.33 Å². The number of aromatic nitrogens is 2. The van der Waals surface area contributed by atoms with Gasteiger partial charge < -0.3 is 0 Å². The molecular formula is C15H10Cl2N2O2S. The van der Waals surface area contributed by atoms with Crippen molar-refractivity contribution in [1.82, 2.24) is 9.97 Å². The number of hydrogen-bond donors (Lipinski definition) is 0. The second-order valence-corrected chi connectivity index (χ2v) is 7.80. The lowest BCUT2D eigenvalue weighted by molar-refractivity contribution is 0.609. The van der Waals surface area contributed by atoms with Crippen molar-refractivity contribution in [2.75, 3.05) is 0 Å². The molecule has 0 fully saturated rings. The largest absolute Gasteiger partial charge is 0.261 e. The molecule has 0 saturated carbocycles. The molecule has 1 aromatic heterocycles. The minimum absolute atomic E-state index is 0.0131. The van der Waals surface area contributed by atoms with E-state index in [9.17, 15) is 8.42 Å². The second-order valence-electron chi connectivity index (χ2n) is 4.80. The lowest BCUT2D eigenvalue weighted by Gasteiger charge is -2.09. The van der Waals surface area contributed by atoms with E-state index in [0.29, 0.717) is 10.5 Å². The average Bonchev–Trinajstić information content (AvgIpc) is 2.45. The number of aryl methyl sites for hydroxylation is 1. The van der Waals surface area contributed by atoms with Crippen LogP contribution in [0.25, 0.3) is 22.2 Å². The first-order valence-electron chi connectivity index (χ1n) is 6.32. The smallest absolute Gasteiger partial charge is 0.236 e. The number of hydrogen-bond acceptors (Lipinski definition) is 4. The monoisotopic (exact) mass is 352 g/mol. The number of nitrogens with zero attached hydrogens (tertiary/aromatic N) is 2. The summed E-state index contributed by atoms with van der Waals surface area (Å²) in [6, 6.07) is 10.1. The summed E-state index contributed by atoms with van der Waals surface area (Å²) in [5, 5.41) is 1.40. The zero-order valence-electron chi connectivity index (χ0n) is 11.4. The Morgan fingerprint density at radius 1 is 1.05 bits per heavy atom.